The van der Waals surface area contributed by atoms with E-state index in [0.717, 1.165) is 45.3 Å². The molecular weight excluding hydrogens is 292 g/mol. The van der Waals surface area contributed by atoms with E-state index in [2.05, 4.69) is 15.5 Å². The van der Waals surface area contributed by atoms with Crippen LogP contribution < -0.4 is 10.6 Å². The first-order valence-electron chi connectivity index (χ1n) is 8.24. The minimum atomic E-state index is -2.39. The van der Waals surface area contributed by atoms with E-state index in [0.29, 0.717) is 25.6 Å². The van der Waals surface area contributed by atoms with Gasteiger partial charge in [0.1, 0.15) is 6.61 Å². The fourth-order valence-electron chi connectivity index (χ4n) is 3.16. The molecular formula is C15H27F2N3O2. The zero-order valence-corrected chi connectivity index (χ0v) is 13.0. The highest BCUT2D eigenvalue weighted by Crippen LogP contribution is 2.15. The summed E-state index contributed by atoms with van der Waals surface area (Å²) < 4.78 is 28.9. The van der Waals surface area contributed by atoms with Gasteiger partial charge in [-0.05, 0) is 44.7 Å². The average Bonchev–Trinajstić information content (AvgIpc) is 3.04. The summed E-state index contributed by atoms with van der Waals surface area (Å²) in [5.74, 6) is 0.545. The molecule has 2 atom stereocenters. The fraction of sp³-hybridized carbons (Fsp3) is 0.933. The number of likely N-dealkylation sites (tertiary alicyclic amines) is 1. The number of hydrogen-bond donors (Lipinski definition) is 2. The lowest BCUT2D eigenvalue weighted by Crippen LogP contribution is -2.46. The Hall–Kier alpha value is -0.790. The van der Waals surface area contributed by atoms with Gasteiger partial charge in [0.25, 0.3) is 6.43 Å². The Labute approximate surface area is 130 Å². The number of hydrogen-bond acceptors (Lipinski definition) is 4. The van der Waals surface area contributed by atoms with Crippen LogP contribution in [0.4, 0.5) is 8.78 Å². The van der Waals surface area contributed by atoms with Gasteiger partial charge in [0.15, 0.2) is 0 Å². The maximum absolute atomic E-state index is 12.0. The second kappa shape index (κ2) is 9.37. The van der Waals surface area contributed by atoms with E-state index >= 15 is 0 Å². The Morgan fingerprint density at radius 2 is 2.23 bits per heavy atom. The molecule has 128 valence electrons. The molecule has 0 radical (unpaired) electrons. The molecule has 2 fully saturated rings. The van der Waals surface area contributed by atoms with Crippen LogP contribution in [0.5, 0.6) is 0 Å². The van der Waals surface area contributed by atoms with E-state index < -0.39 is 13.0 Å². The largest absolute Gasteiger partial charge is 0.374 e. The van der Waals surface area contributed by atoms with Crippen LogP contribution >= 0.6 is 0 Å². The van der Waals surface area contributed by atoms with Gasteiger partial charge in [0.05, 0.1) is 12.6 Å². The Morgan fingerprint density at radius 3 is 2.95 bits per heavy atom. The minimum absolute atomic E-state index is 0.0255. The molecule has 2 unspecified atom stereocenters. The molecule has 22 heavy (non-hydrogen) atoms. The molecule has 0 aliphatic carbocycles. The molecule has 2 aliphatic rings. The summed E-state index contributed by atoms with van der Waals surface area (Å²) in [6.07, 6.45) is 1.77. The summed E-state index contributed by atoms with van der Waals surface area (Å²) in [6.45, 7) is 4.04. The summed E-state index contributed by atoms with van der Waals surface area (Å²) in [6, 6.07) is -0.0255. The van der Waals surface area contributed by atoms with Gasteiger partial charge in [-0.25, -0.2) is 8.78 Å². The lowest BCUT2D eigenvalue weighted by Gasteiger charge is -2.32. The van der Waals surface area contributed by atoms with Crippen LogP contribution in [0.25, 0.3) is 0 Å². The summed E-state index contributed by atoms with van der Waals surface area (Å²) in [7, 11) is 0. The predicted molar refractivity (Wildman–Crippen MR) is 80.0 cm³/mol. The highest BCUT2D eigenvalue weighted by atomic mass is 19.3. The third-order valence-electron chi connectivity index (χ3n) is 4.34. The monoisotopic (exact) mass is 319 g/mol. The van der Waals surface area contributed by atoms with Crippen LogP contribution in [0.15, 0.2) is 0 Å². The van der Waals surface area contributed by atoms with E-state index in [4.69, 9.17) is 4.74 Å². The van der Waals surface area contributed by atoms with Gasteiger partial charge in [-0.3, -0.25) is 4.79 Å². The van der Waals surface area contributed by atoms with Gasteiger partial charge in [0.2, 0.25) is 5.91 Å². The molecule has 0 spiro atoms. The van der Waals surface area contributed by atoms with Crippen molar-refractivity contribution in [1.29, 1.82) is 0 Å². The number of nitrogens with one attached hydrogen (secondary N) is 2. The molecule has 2 rings (SSSR count). The van der Waals surface area contributed by atoms with Crippen molar-refractivity contribution in [2.45, 2.75) is 38.2 Å². The minimum Gasteiger partial charge on any atom is -0.374 e. The standard InChI is InChI=1S/C15H27F2N3O2/c16-14(17)11-22-8-7-20-6-2-3-12(10-20)9-19-15(21)13-4-1-5-18-13/h12-14,18H,1-11H2,(H,19,21). The Bertz CT molecular complexity index is 339. The van der Waals surface area contributed by atoms with Gasteiger partial charge >= 0.3 is 0 Å². The molecule has 0 aromatic heterocycles. The lowest BCUT2D eigenvalue weighted by molar-refractivity contribution is -0.123. The van der Waals surface area contributed by atoms with Crippen molar-refractivity contribution in [3.63, 3.8) is 0 Å². The van der Waals surface area contributed by atoms with Crippen LogP contribution in [-0.2, 0) is 9.53 Å². The number of rotatable bonds is 8. The third kappa shape index (κ3) is 6.14. The van der Waals surface area contributed by atoms with E-state index in [9.17, 15) is 13.6 Å². The van der Waals surface area contributed by atoms with Crippen LogP contribution in [0, 0.1) is 5.92 Å². The van der Waals surface area contributed by atoms with Gasteiger partial charge < -0.3 is 20.3 Å². The number of nitrogens with zero attached hydrogens (tertiary/aromatic N) is 1. The van der Waals surface area contributed by atoms with Crippen LogP contribution in [0.2, 0.25) is 0 Å². The number of carbonyl (C=O) groups is 1. The van der Waals surface area contributed by atoms with Gasteiger partial charge in [-0.1, -0.05) is 0 Å². The molecule has 0 aromatic rings. The average molecular weight is 319 g/mol. The quantitative estimate of drug-likeness (QED) is 0.651. The highest BCUT2D eigenvalue weighted by molar-refractivity contribution is 5.81. The molecule has 0 saturated carbocycles. The first kappa shape index (κ1) is 17.6. The van der Waals surface area contributed by atoms with E-state index in [-0.39, 0.29) is 11.9 Å². The van der Waals surface area contributed by atoms with Crippen molar-refractivity contribution >= 4 is 5.91 Å². The number of alkyl halides is 2. The van der Waals surface area contributed by atoms with Crippen molar-refractivity contribution in [2.24, 2.45) is 5.92 Å². The van der Waals surface area contributed by atoms with Gasteiger partial charge in [0, 0.05) is 19.6 Å². The molecule has 1 amide bonds. The summed E-state index contributed by atoms with van der Waals surface area (Å²) >= 11 is 0. The molecule has 2 N–H and O–H groups in total. The van der Waals surface area contributed by atoms with Crippen LogP contribution in [-0.4, -0.2) is 69.2 Å². The molecule has 0 bridgehead atoms. The maximum atomic E-state index is 12.0. The van der Waals surface area contributed by atoms with Crippen LogP contribution in [0.3, 0.4) is 0 Å². The lowest BCUT2D eigenvalue weighted by atomic mass is 9.98. The predicted octanol–water partition coefficient (Wildman–Crippen LogP) is 0.848. The molecule has 7 heteroatoms. The molecule has 5 nitrogen and oxygen atoms in total. The molecule has 0 aromatic carbocycles. The second-order valence-corrected chi connectivity index (χ2v) is 6.17. The van der Waals surface area contributed by atoms with Crippen molar-refractivity contribution in [3.05, 3.63) is 0 Å². The number of amides is 1. The van der Waals surface area contributed by atoms with Gasteiger partial charge in [-0.15, -0.1) is 0 Å². The zero-order valence-electron chi connectivity index (χ0n) is 13.0. The van der Waals surface area contributed by atoms with Crippen molar-refractivity contribution in [3.8, 4) is 0 Å². The molecule has 2 aliphatic heterocycles. The first-order chi connectivity index (χ1) is 10.6. The zero-order chi connectivity index (χ0) is 15.8. The van der Waals surface area contributed by atoms with E-state index in [1.807, 2.05) is 0 Å². The summed E-state index contributed by atoms with van der Waals surface area (Å²) in [4.78, 5) is 14.2. The summed E-state index contributed by atoms with van der Waals surface area (Å²) in [5, 5.41) is 6.23. The second-order valence-electron chi connectivity index (χ2n) is 6.17. The smallest absolute Gasteiger partial charge is 0.261 e. The van der Waals surface area contributed by atoms with E-state index in [1.54, 1.807) is 0 Å². The number of piperidine rings is 1. The number of carbonyl (C=O) groups excluding carboxylic acids is 1. The SMILES string of the molecule is O=C(NCC1CCCN(CCOCC(F)F)C1)C1CCCN1. The number of ether oxygens (including phenoxy) is 1. The topological polar surface area (TPSA) is 53.6 Å². The number of halogens is 2. The Morgan fingerprint density at radius 1 is 1.36 bits per heavy atom. The van der Waals surface area contributed by atoms with Crippen molar-refractivity contribution < 1.29 is 18.3 Å². The van der Waals surface area contributed by atoms with Gasteiger partial charge in [-0.2, -0.15) is 0 Å². The highest BCUT2D eigenvalue weighted by Gasteiger charge is 2.24. The van der Waals surface area contributed by atoms with E-state index in [1.165, 1.54) is 0 Å². The molecule has 2 heterocycles. The normalized spacial score (nSPS) is 26.5. The van der Waals surface area contributed by atoms with Crippen molar-refractivity contribution in [2.75, 3.05) is 45.9 Å². The fourth-order valence-corrected chi connectivity index (χ4v) is 3.16. The maximum Gasteiger partial charge on any atom is 0.261 e. The van der Waals surface area contributed by atoms with Crippen LogP contribution in [0.1, 0.15) is 25.7 Å². The summed E-state index contributed by atoms with van der Waals surface area (Å²) in [5.41, 5.74) is 0. The Kier molecular flexibility index (Phi) is 7.48. The third-order valence-corrected chi connectivity index (χ3v) is 4.34. The molecule has 2 saturated heterocycles. The first-order valence-corrected chi connectivity index (χ1v) is 8.24. The Balaban J connectivity index is 1.59. The van der Waals surface area contributed by atoms with Crippen molar-refractivity contribution in [1.82, 2.24) is 15.5 Å².